The largest absolute Gasteiger partial charge is 0.495 e. The summed E-state index contributed by atoms with van der Waals surface area (Å²) in [5, 5.41) is 3.95. The molecular formula is C21H24ClFN4O2. The summed E-state index contributed by atoms with van der Waals surface area (Å²) in [6.07, 6.45) is 6.74. The van der Waals surface area contributed by atoms with Gasteiger partial charge in [0.1, 0.15) is 17.4 Å². The van der Waals surface area contributed by atoms with E-state index in [1.807, 2.05) is 28.8 Å². The van der Waals surface area contributed by atoms with E-state index in [9.17, 15) is 9.18 Å². The fraction of sp³-hybridized carbons (Fsp3) is 0.333. The number of pyridine rings is 1. The Kier molecular flexibility index (Phi) is 6.27. The van der Waals surface area contributed by atoms with Crippen molar-refractivity contribution < 1.29 is 13.9 Å². The lowest BCUT2D eigenvalue weighted by Gasteiger charge is -2.27. The number of fused-ring (bicyclic) bond motifs is 1. The predicted octanol–water partition coefficient (Wildman–Crippen LogP) is 4.51. The summed E-state index contributed by atoms with van der Waals surface area (Å²) in [5.74, 6) is 0.703. The summed E-state index contributed by atoms with van der Waals surface area (Å²) in [6.45, 7) is 1.57. The van der Waals surface area contributed by atoms with Crippen molar-refractivity contribution in [2.75, 3.05) is 25.5 Å². The van der Waals surface area contributed by atoms with Crippen LogP contribution in [0.1, 0.15) is 29.6 Å². The molecule has 0 saturated carbocycles. The Morgan fingerprint density at radius 2 is 1.97 bits per heavy atom. The number of hydrogen-bond acceptors (Lipinski definition) is 4. The number of carbonyl (C=O) groups excluding carboxylic acids is 1. The van der Waals surface area contributed by atoms with E-state index in [4.69, 9.17) is 4.74 Å². The van der Waals surface area contributed by atoms with Crippen molar-refractivity contribution in [3.05, 3.63) is 48.0 Å². The number of nitrogens with one attached hydrogen (secondary N) is 1. The molecule has 8 heteroatoms. The SMILES string of the molecule is COc1ccc(F)cc1Nc1ncc(C(=O)N2CCCCC2)c2c1ccn2C.Cl. The average molecular weight is 419 g/mol. The molecule has 1 aromatic carbocycles. The van der Waals surface area contributed by atoms with Gasteiger partial charge in [-0.25, -0.2) is 9.37 Å². The van der Waals surface area contributed by atoms with Crippen LogP contribution in [-0.4, -0.2) is 40.6 Å². The molecule has 1 aliphatic rings. The Hall–Kier alpha value is -2.80. The number of piperidine rings is 1. The molecule has 6 nitrogen and oxygen atoms in total. The highest BCUT2D eigenvalue weighted by Gasteiger charge is 2.23. The molecule has 3 heterocycles. The molecule has 1 N–H and O–H groups in total. The summed E-state index contributed by atoms with van der Waals surface area (Å²) >= 11 is 0. The molecule has 1 amide bonds. The van der Waals surface area contributed by atoms with Crippen LogP contribution in [0.15, 0.2) is 36.7 Å². The molecule has 154 valence electrons. The first-order valence-electron chi connectivity index (χ1n) is 9.42. The van der Waals surface area contributed by atoms with E-state index in [1.54, 1.807) is 12.3 Å². The molecule has 1 fully saturated rings. The highest BCUT2D eigenvalue weighted by atomic mass is 35.5. The number of hydrogen-bond donors (Lipinski definition) is 1. The quantitative estimate of drug-likeness (QED) is 0.677. The van der Waals surface area contributed by atoms with Gasteiger partial charge in [-0.3, -0.25) is 4.79 Å². The second-order valence-corrected chi connectivity index (χ2v) is 7.03. The highest BCUT2D eigenvalue weighted by Crippen LogP contribution is 2.32. The summed E-state index contributed by atoms with van der Waals surface area (Å²) in [6, 6.07) is 6.18. The van der Waals surface area contributed by atoms with Gasteiger partial charge in [-0.1, -0.05) is 0 Å². The van der Waals surface area contributed by atoms with Crippen molar-refractivity contribution in [2.24, 2.45) is 7.05 Å². The molecule has 0 bridgehead atoms. The Bertz CT molecular complexity index is 1030. The first kappa shape index (κ1) is 20.9. The number of methoxy groups -OCH3 is 1. The maximum absolute atomic E-state index is 13.7. The number of amides is 1. The molecule has 1 saturated heterocycles. The Balaban J connectivity index is 0.00000240. The third-order valence-corrected chi connectivity index (χ3v) is 5.19. The van der Waals surface area contributed by atoms with Gasteiger partial charge in [-0.15, -0.1) is 12.4 Å². The molecule has 0 unspecified atom stereocenters. The fourth-order valence-corrected chi connectivity index (χ4v) is 3.74. The minimum Gasteiger partial charge on any atom is -0.495 e. The van der Waals surface area contributed by atoms with Crippen LogP contribution in [0.2, 0.25) is 0 Å². The molecule has 1 aliphatic heterocycles. The lowest BCUT2D eigenvalue weighted by Crippen LogP contribution is -2.35. The number of halogens is 2. The van der Waals surface area contributed by atoms with Gasteiger partial charge in [-0.2, -0.15) is 0 Å². The Morgan fingerprint density at radius 1 is 1.21 bits per heavy atom. The smallest absolute Gasteiger partial charge is 0.257 e. The number of rotatable bonds is 4. The van der Waals surface area contributed by atoms with Crippen molar-refractivity contribution in [3.8, 4) is 5.75 Å². The standard InChI is InChI=1S/C21H23FN4O2.ClH/c1-25-11-8-15-19(25)16(21(27)26-9-4-3-5-10-26)13-23-20(15)24-17-12-14(22)6-7-18(17)28-2;/h6-8,11-13H,3-5,9-10H2,1-2H3,(H,23,24);1H. The van der Waals surface area contributed by atoms with Crippen LogP contribution in [0, 0.1) is 5.82 Å². The monoisotopic (exact) mass is 418 g/mol. The van der Waals surface area contributed by atoms with E-state index in [-0.39, 0.29) is 24.1 Å². The van der Waals surface area contributed by atoms with Crippen molar-refractivity contribution in [3.63, 3.8) is 0 Å². The molecule has 0 atom stereocenters. The number of benzene rings is 1. The number of aromatic nitrogens is 2. The third-order valence-electron chi connectivity index (χ3n) is 5.19. The molecule has 4 rings (SSSR count). The maximum atomic E-state index is 13.7. The molecule has 29 heavy (non-hydrogen) atoms. The Morgan fingerprint density at radius 3 is 2.69 bits per heavy atom. The summed E-state index contributed by atoms with van der Waals surface area (Å²) in [4.78, 5) is 19.4. The van der Waals surface area contributed by atoms with Gasteiger partial charge in [0.2, 0.25) is 0 Å². The van der Waals surface area contributed by atoms with E-state index in [2.05, 4.69) is 10.3 Å². The van der Waals surface area contributed by atoms with Gasteiger partial charge < -0.3 is 19.5 Å². The van der Waals surface area contributed by atoms with Crippen molar-refractivity contribution >= 4 is 40.7 Å². The molecule has 2 aromatic heterocycles. The van der Waals surface area contributed by atoms with Crippen molar-refractivity contribution in [1.82, 2.24) is 14.5 Å². The zero-order chi connectivity index (χ0) is 19.7. The van der Waals surface area contributed by atoms with Crippen molar-refractivity contribution in [2.45, 2.75) is 19.3 Å². The highest BCUT2D eigenvalue weighted by molar-refractivity contribution is 6.08. The third kappa shape index (κ3) is 4.00. The summed E-state index contributed by atoms with van der Waals surface area (Å²) in [7, 11) is 3.44. The number of carbonyl (C=O) groups is 1. The van der Waals surface area contributed by atoms with Crippen LogP contribution in [0.4, 0.5) is 15.9 Å². The van der Waals surface area contributed by atoms with Gasteiger partial charge in [-0.05, 0) is 37.5 Å². The van der Waals surface area contributed by atoms with E-state index in [0.29, 0.717) is 22.8 Å². The summed E-state index contributed by atoms with van der Waals surface area (Å²) in [5.41, 5.74) is 1.87. The molecule has 0 spiro atoms. The zero-order valence-electron chi connectivity index (χ0n) is 16.4. The minimum atomic E-state index is -0.371. The van der Waals surface area contributed by atoms with E-state index >= 15 is 0 Å². The maximum Gasteiger partial charge on any atom is 0.257 e. The fourth-order valence-electron chi connectivity index (χ4n) is 3.74. The molecule has 3 aromatic rings. The predicted molar refractivity (Wildman–Crippen MR) is 114 cm³/mol. The van der Waals surface area contributed by atoms with Gasteiger partial charge in [0.05, 0.1) is 23.9 Å². The number of ether oxygens (including phenoxy) is 1. The van der Waals surface area contributed by atoms with Gasteiger partial charge in [0, 0.05) is 44.0 Å². The number of aryl methyl sites for hydroxylation is 1. The lowest BCUT2D eigenvalue weighted by molar-refractivity contribution is 0.0725. The van der Waals surface area contributed by atoms with E-state index in [1.165, 1.54) is 25.7 Å². The van der Waals surface area contributed by atoms with Crippen LogP contribution in [0.25, 0.3) is 10.9 Å². The van der Waals surface area contributed by atoms with Crippen molar-refractivity contribution in [1.29, 1.82) is 0 Å². The van der Waals surface area contributed by atoms with Crippen LogP contribution in [0.3, 0.4) is 0 Å². The minimum absolute atomic E-state index is 0. The number of nitrogens with zero attached hydrogens (tertiary/aromatic N) is 3. The Labute approximate surface area is 175 Å². The molecule has 0 aliphatic carbocycles. The second-order valence-electron chi connectivity index (χ2n) is 7.03. The van der Waals surface area contributed by atoms with Crippen LogP contribution in [0.5, 0.6) is 5.75 Å². The lowest BCUT2D eigenvalue weighted by atomic mass is 10.1. The van der Waals surface area contributed by atoms with Gasteiger partial charge in [0.15, 0.2) is 0 Å². The summed E-state index contributed by atoms with van der Waals surface area (Å²) < 4.78 is 20.9. The molecular weight excluding hydrogens is 395 g/mol. The number of likely N-dealkylation sites (tertiary alicyclic amines) is 1. The first-order chi connectivity index (χ1) is 13.6. The zero-order valence-corrected chi connectivity index (χ0v) is 17.3. The topological polar surface area (TPSA) is 59.4 Å². The number of anilines is 2. The molecule has 0 radical (unpaired) electrons. The van der Waals surface area contributed by atoms with E-state index < -0.39 is 0 Å². The van der Waals surface area contributed by atoms with E-state index in [0.717, 1.165) is 36.8 Å². The second kappa shape index (κ2) is 8.69. The van der Waals surface area contributed by atoms with Gasteiger partial charge >= 0.3 is 0 Å². The van der Waals surface area contributed by atoms with Crippen LogP contribution in [-0.2, 0) is 7.05 Å². The van der Waals surface area contributed by atoms with Gasteiger partial charge in [0.25, 0.3) is 5.91 Å². The normalized spacial score (nSPS) is 13.8. The average Bonchev–Trinajstić information content (AvgIpc) is 3.11. The van der Waals surface area contributed by atoms with Crippen LogP contribution >= 0.6 is 12.4 Å². The van der Waals surface area contributed by atoms with Crippen LogP contribution < -0.4 is 10.1 Å². The first-order valence-corrected chi connectivity index (χ1v) is 9.42.